The largest absolute Gasteiger partial charge is 0.383 e. The molecule has 0 fully saturated rings. The molecular formula is C10H12BrNO2S. The van der Waals surface area contributed by atoms with Gasteiger partial charge in [-0.25, -0.2) is 0 Å². The van der Waals surface area contributed by atoms with E-state index in [9.17, 15) is 4.79 Å². The quantitative estimate of drug-likeness (QED) is 0.856. The highest BCUT2D eigenvalue weighted by Gasteiger charge is 2.35. The van der Waals surface area contributed by atoms with E-state index < -0.39 is 0 Å². The number of hydrogen-bond donors (Lipinski definition) is 0. The van der Waals surface area contributed by atoms with Crippen LogP contribution in [0.1, 0.15) is 28.2 Å². The number of halogens is 1. The van der Waals surface area contributed by atoms with Crippen LogP contribution in [0.4, 0.5) is 0 Å². The molecule has 1 amide bonds. The molecule has 0 bridgehead atoms. The van der Waals surface area contributed by atoms with E-state index in [0.29, 0.717) is 13.2 Å². The molecule has 2 heterocycles. The normalized spacial score (nSPS) is 19.8. The molecule has 82 valence electrons. The van der Waals surface area contributed by atoms with Crippen molar-refractivity contribution in [3.8, 4) is 0 Å². The van der Waals surface area contributed by atoms with Crippen molar-refractivity contribution in [3.05, 3.63) is 20.3 Å². The van der Waals surface area contributed by atoms with Crippen LogP contribution < -0.4 is 0 Å². The van der Waals surface area contributed by atoms with Crippen LogP contribution in [0.3, 0.4) is 0 Å². The summed E-state index contributed by atoms with van der Waals surface area (Å²) in [6.45, 7) is 3.31. The van der Waals surface area contributed by atoms with Crippen molar-refractivity contribution in [2.45, 2.75) is 13.0 Å². The second-order valence-corrected chi connectivity index (χ2v) is 5.96. The number of methoxy groups -OCH3 is 1. The van der Waals surface area contributed by atoms with E-state index in [0.717, 1.165) is 14.2 Å². The topological polar surface area (TPSA) is 29.5 Å². The van der Waals surface area contributed by atoms with Crippen molar-refractivity contribution < 1.29 is 9.53 Å². The summed E-state index contributed by atoms with van der Waals surface area (Å²) < 4.78 is 6.03. The van der Waals surface area contributed by atoms with Gasteiger partial charge in [0.05, 0.1) is 22.0 Å². The molecule has 1 atom stereocenters. The van der Waals surface area contributed by atoms with Gasteiger partial charge in [0.25, 0.3) is 5.91 Å². The molecule has 0 spiro atoms. The minimum Gasteiger partial charge on any atom is -0.383 e. The molecule has 0 aromatic carbocycles. The zero-order valence-electron chi connectivity index (χ0n) is 8.62. The van der Waals surface area contributed by atoms with Gasteiger partial charge in [0.15, 0.2) is 0 Å². The van der Waals surface area contributed by atoms with E-state index >= 15 is 0 Å². The number of carbonyl (C=O) groups is 1. The highest BCUT2D eigenvalue weighted by Crippen LogP contribution is 2.40. The summed E-state index contributed by atoms with van der Waals surface area (Å²) in [4.78, 5) is 15.0. The number of hydrogen-bond acceptors (Lipinski definition) is 3. The molecule has 0 radical (unpaired) electrons. The van der Waals surface area contributed by atoms with Gasteiger partial charge in [-0.05, 0) is 28.9 Å². The summed E-state index contributed by atoms with van der Waals surface area (Å²) in [5, 5.41) is 0. The van der Waals surface area contributed by atoms with Crippen molar-refractivity contribution in [3.63, 3.8) is 0 Å². The number of amides is 1. The molecule has 1 aromatic heterocycles. The van der Waals surface area contributed by atoms with Crippen LogP contribution in [0.5, 0.6) is 0 Å². The number of rotatable bonds is 3. The van der Waals surface area contributed by atoms with Crippen LogP contribution in [-0.2, 0) is 4.74 Å². The van der Waals surface area contributed by atoms with Crippen molar-refractivity contribution in [2.24, 2.45) is 0 Å². The predicted molar refractivity (Wildman–Crippen MR) is 63.3 cm³/mol. The molecule has 5 heteroatoms. The zero-order chi connectivity index (χ0) is 11.0. The third-order valence-corrected chi connectivity index (χ3v) is 4.41. The molecule has 15 heavy (non-hydrogen) atoms. The lowest BCUT2D eigenvalue weighted by Gasteiger charge is -2.21. The summed E-state index contributed by atoms with van der Waals surface area (Å²) in [5.74, 6) is 0.122. The van der Waals surface area contributed by atoms with Crippen molar-refractivity contribution in [1.82, 2.24) is 4.90 Å². The third-order valence-electron chi connectivity index (χ3n) is 2.61. The average Bonchev–Trinajstić information content (AvgIpc) is 2.67. The van der Waals surface area contributed by atoms with Crippen LogP contribution in [0, 0.1) is 0 Å². The summed E-state index contributed by atoms with van der Waals surface area (Å²) in [6, 6.07) is 2.09. The first-order valence-corrected chi connectivity index (χ1v) is 6.35. The van der Waals surface area contributed by atoms with E-state index in [1.54, 1.807) is 18.4 Å². The highest BCUT2D eigenvalue weighted by atomic mass is 79.9. The minimum absolute atomic E-state index is 0.122. The molecule has 0 saturated heterocycles. The maximum atomic E-state index is 12.0. The smallest absolute Gasteiger partial charge is 0.255 e. The van der Waals surface area contributed by atoms with Gasteiger partial charge in [0.2, 0.25) is 0 Å². The molecule has 0 aliphatic carbocycles. The van der Waals surface area contributed by atoms with Gasteiger partial charge in [0, 0.05) is 18.5 Å². The molecule has 1 aromatic rings. The van der Waals surface area contributed by atoms with Gasteiger partial charge in [-0.2, -0.15) is 0 Å². The lowest BCUT2D eigenvalue weighted by molar-refractivity contribution is 0.0668. The predicted octanol–water partition coefficient (Wildman–Crippen LogP) is 2.67. The number of thiophene rings is 1. The lowest BCUT2D eigenvalue weighted by Crippen LogP contribution is -2.30. The van der Waals surface area contributed by atoms with Crippen molar-refractivity contribution >= 4 is 33.2 Å². The second kappa shape index (κ2) is 4.23. The Morgan fingerprint density at radius 3 is 3.00 bits per heavy atom. The summed E-state index contributed by atoms with van der Waals surface area (Å²) in [7, 11) is 1.65. The first-order chi connectivity index (χ1) is 7.15. The lowest BCUT2D eigenvalue weighted by atomic mass is 10.2. The van der Waals surface area contributed by atoms with Gasteiger partial charge in [-0.15, -0.1) is 11.3 Å². The van der Waals surface area contributed by atoms with Crippen LogP contribution in [-0.4, -0.2) is 31.1 Å². The number of nitrogens with zero attached hydrogens (tertiary/aromatic N) is 1. The number of carbonyl (C=O) groups excluding carboxylic acids is 1. The summed E-state index contributed by atoms with van der Waals surface area (Å²) in [5.41, 5.74) is 0.843. The van der Waals surface area contributed by atoms with E-state index in [4.69, 9.17) is 4.74 Å². The molecule has 3 nitrogen and oxygen atoms in total. The van der Waals surface area contributed by atoms with Crippen LogP contribution >= 0.6 is 27.3 Å². The standard InChI is InChI=1S/C10H12BrNO2S/c1-6-9-7(5-8(11)15-9)10(13)12(6)3-4-14-2/h5-6H,3-4H2,1-2H3. The zero-order valence-corrected chi connectivity index (χ0v) is 11.0. The van der Waals surface area contributed by atoms with Crippen LogP contribution in [0.2, 0.25) is 0 Å². The van der Waals surface area contributed by atoms with E-state index in [-0.39, 0.29) is 11.9 Å². The molecule has 0 saturated carbocycles. The maximum absolute atomic E-state index is 12.0. The maximum Gasteiger partial charge on any atom is 0.255 e. The Kier molecular flexibility index (Phi) is 3.13. The van der Waals surface area contributed by atoms with Gasteiger partial charge in [0.1, 0.15) is 0 Å². The van der Waals surface area contributed by atoms with Gasteiger partial charge < -0.3 is 9.64 Å². The van der Waals surface area contributed by atoms with Gasteiger partial charge >= 0.3 is 0 Å². The number of fused-ring (bicyclic) bond motifs is 1. The van der Waals surface area contributed by atoms with E-state index in [2.05, 4.69) is 22.9 Å². The van der Waals surface area contributed by atoms with Crippen LogP contribution in [0.15, 0.2) is 9.85 Å². The Morgan fingerprint density at radius 2 is 2.40 bits per heavy atom. The molecular weight excluding hydrogens is 278 g/mol. The highest BCUT2D eigenvalue weighted by molar-refractivity contribution is 9.11. The monoisotopic (exact) mass is 289 g/mol. The SMILES string of the molecule is COCCN1C(=O)c2cc(Br)sc2C1C. The van der Waals surface area contributed by atoms with Gasteiger partial charge in [-0.1, -0.05) is 0 Å². The Hall–Kier alpha value is -0.390. The fourth-order valence-electron chi connectivity index (χ4n) is 1.81. The first kappa shape index (κ1) is 11.1. The first-order valence-electron chi connectivity index (χ1n) is 4.74. The molecule has 1 aliphatic rings. The average molecular weight is 290 g/mol. The Morgan fingerprint density at radius 1 is 1.67 bits per heavy atom. The Labute approximate surface area is 101 Å². The fourth-order valence-corrected chi connectivity index (χ4v) is 3.50. The fraction of sp³-hybridized carbons (Fsp3) is 0.500. The Balaban J connectivity index is 2.22. The van der Waals surface area contributed by atoms with E-state index in [1.807, 2.05) is 11.0 Å². The summed E-state index contributed by atoms with van der Waals surface area (Å²) >= 11 is 5.05. The minimum atomic E-state index is 0.122. The number of ether oxygens (including phenoxy) is 1. The van der Waals surface area contributed by atoms with Crippen molar-refractivity contribution in [1.29, 1.82) is 0 Å². The molecule has 2 rings (SSSR count). The van der Waals surface area contributed by atoms with Gasteiger partial charge in [-0.3, -0.25) is 4.79 Å². The summed E-state index contributed by atoms with van der Waals surface area (Å²) in [6.07, 6.45) is 0. The molecule has 0 N–H and O–H groups in total. The van der Waals surface area contributed by atoms with Crippen LogP contribution in [0.25, 0.3) is 0 Å². The third kappa shape index (κ3) is 1.84. The Bertz CT molecular complexity index is 391. The molecule has 1 unspecified atom stereocenters. The molecule has 1 aliphatic heterocycles. The second-order valence-electron chi connectivity index (χ2n) is 3.50. The van der Waals surface area contributed by atoms with Crippen molar-refractivity contribution in [2.75, 3.05) is 20.3 Å². The van der Waals surface area contributed by atoms with E-state index in [1.165, 1.54) is 0 Å².